The van der Waals surface area contributed by atoms with Crippen LogP contribution in [0.4, 0.5) is 0 Å². The van der Waals surface area contributed by atoms with Crippen LogP contribution in [0.3, 0.4) is 0 Å². The lowest BCUT2D eigenvalue weighted by Gasteiger charge is -1.97. The number of hydrogen-bond acceptors (Lipinski definition) is 3. The van der Waals surface area contributed by atoms with E-state index >= 15 is 0 Å². The van der Waals surface area contributed by atoms with Gasteiger partial charge < -0.3 is 10.7 Å². The maximum absolute atomic E-state index is 10.9. The second-order valence-electron chi connectivity index (χ2n) is 2.17. The van der Waals surface area contributed by atoms with Gasteiger partial charge in [0.15, 0.2) is 0 Å². The van der Waals surface area contributed by atoms with Crippen molar-refractivity contribution in [2.24, 2.45) is 5.73 Å². The van der Waals surface area contributed by atoms with Crippen LogP contribution in [-0.4, -0.2) is 15.5 Å². The Hall–Kier alpha value is -1.85. The summed E-state index contributed by atoms with van der Waals surface area (Å²) >= 11 is 0. The normalized spacial score (nSPS) is 9.67. The number of primary amides is 1. The number of carbonyl (C=O) groups excluding carboxylic acids is 1. The van der Waals surface area contributed by atoms with Crippen LogP contribution in [0.2, 0.25) is 0 Å². The molecular formula is C6H7N3O3. The monoisotopic (exact) mass is 169 g/mol. The molecule has 64 valence electrons. The van der Waals surface area contributed by atoms with Gasteiger partial charge in [-0.2, -0.15) is 0 Å². The highest BCUT2D eigenvalue weighted by molar-refractivity contribution is 5.73. The molecule has 1 rings (SSSR count). The number of aromatic amines is 1. The van der Waals surface area contributed by atoms with Crippen molar-refractivity contribution in [3.05, 3.63) is 33.1 Å². The molecule has 0 radical (unpaired) electrons. The predicted octanol–water partition coefficient (Wildman–Crippen LogP) is -1.98. The highest BCUT2D eigenvalue weighted by atomic mass is 16.2. The number of rotatable bonds is 2. The van der Waals surface area contributed by atoms with Gasteiger partial charge in [-0.05, 0) is 0 Å². The minimum Gasteiger partial charge on any atom is -0.368 e. The van der Waals surface area contributed by atoms with Gasteiger partial charge >= 0.3 is 5.69 Å². The Kier molecular flexibility index (Phi) is 2.09. The number of amides is 1. The molecule has 1 amide bonds. The number of nitrogens with zero attached hydrogens (tertiary/aromatic N) is 1. The summed E-state index contributed by atoms with van der Waals surface area (Å²) < 4.78 is 0.725. The van der Waals surface area contributed by atoms with E-state index < -0.39 is 23.7 Å². The first-order valence-electron chi connectivity index (χ1n) is 3.18. The quantitative estimate of drug-likeness (QED) is 0.536. The van der Waals surface area contributed by atoms with Crippen LogP contribution in [-0.2, 0) is 11.3 Å². The van der Waals surface area contributed by atoms with Crippen LogP contribution in [0.5, 0.6) is 0 Å². The molecule has 0 aromatic carbocycles. The summed E-state index contributed by atoms with van der Waals surface area (Å²) in [6.07, 6.45) is 1.21. The van der Waals surface area contributed by atoms with E-state index in [1.54, 1.807) is 0 Å². The van der Waals surface area contributed by atoms with Crippen molar-refractivity contribution in [1.29, 1.82) is 0 Å². The first-order chi connectivity index (χ1) is 5.61. The van der Waals surface area contributed by atoms with Crippen molar-refractivity contribution in [1.82, 2.24) is 9.55 Å². The molecule has 1 aromatic rings. The Labute approximate surface area is 66.6 Å². The Balaban J connectivity index is 3.23. The van der Waals surface area contributed by atoms with E-state index in [0.29, 0.717) is 0 Å². The van der Waals surface area contributed by atoms with Crippen LogP contribution in [0.1, 0.15) is 0 Å². The van der Waals surface area contributed by atoms with Gasteiger partial charge in [0, 0.05) is 12.3 Å². The fourth-order valence-corrected chi connectivity index (χ4v) is 0.758. The smallest absolute Gasteiger partial charge is 0.328 e. The zero-order valence-corrected chi connectivity index (χ0v) is 6.11. The van der Waals surface area contributed by atoms with E-state index in [1.807, 2.05) is 0 Å². The molecule has 0 saturated carbocycles. The molecule has 6 nitrogen and oxygen atoms in total. The summed E-state index contributed by atoms with van der Waals surface area (Å²) in [6, 6.07) is 1.14. The minimum atomic E-state index is -0.728. The summed E-state index contributed by atoms with van der Waals surface area (Å²) in [5.41, 5.74) is 3.63. The molecule has 0 unspecified atom stereocenters. The number of nitrogens with two attached hydrogens (primary N) is 1. The number of hydrogen-bond donors (Lipinski definition) is 2. The Bertz CT molecular complexity index is 375. The SMILES string of the molecule is NC(=O)Cn1c(=O)cc[nH]c1=O. The summed E-state index contributed by atoms with van der Waals surface area (Å²) in [7, 11) is 0. The van der Waals surface area contributed by atoms with Crippen LogP contribution >= 0.6 is 0 Å². The second-order valence-corrected chi connectivity index (χ2v) is 2.17. The fraction of sp³-hybridized carbons (Fsp3) is 0.167. The lowest BCUT2D eigenvalue weighted by molar-refractivity contribution is -0.118. The number of nitrogens with one attached hydrogen (secondary N) is 1. The molecule has 0 fully saturated rings. The molecule has 0 atom stereocenters. The second kappa shape index (κ2) is 3.04. The molecule has 0 spiro atoms. The predicted molar refractivity (Wildman–Crippen MR) is 40.5 cm³/mol. The van der Waals surface area contributed by atoms with Crippen molar-refractivity contribution in [2.75, 3.05) is 0 Å². The lowest BCUT2D eigenvalue weighted by atomic mass is 10.5. The van der Waals surface area contributed by atoms with E-state index in [4.69, 9.17) is 5.73 Å². The largest absolute Gasteiger partial charge is 0.368 e. The van der Waals surface area contributed by atoms with Crippen LogP contribution in [0.25, 0.3) is 0 Å². The molecule has 6 heteroatoms. The third-order valence-corrected chi connectivity index (χ3v) is 1.26. The Morgan fingerprint density at radius 2 is 2.25 bits per heavy atom. The van der Waals surface area contributed by atoms with Gasteiger partial charge in [-0.3, -0.25) is 14.2 Å². The molecule has 0 saturated heterocycles. The fourth-order valence-electron chi connectivity index (χ4n) is 0.758. The standard InChI is InChI=1S/C6H7N3O3/c7-4(10)3-9-5(11)1-2-8-6(9)12/h1-2H,3H2,(H2,7,10)(H,8,12). The van der Waals surface area contributed by atoms with Gasteiger partial charge in [0.2, 0.25) is 5.91 Å². The first-order valence-corrected chi connectivity index (χ1v) is 3.18. The molecule has 3 N–H and O–H groups in total. The van der Waals surface area contributed by atoms with E-state index in [-0.39, 0.29) is 0 Å². The molecule has 12 heavy (non-hydrogen) atoms. The third-order valence-electron chi connectivity index (χ3n) is 1.26. The lowest BCUT2D eigenvalue weighted by Crippen LogP contribution is -2.38. The topological polar surface area (TPSA) is 97.9 Å². The number of aromatic nitrogens is 2. The van der Waals surface area contributed by atoms with Gasteiger partial charge in [-0.15, -0.1) is 0 Å². The van der Waals surface area contributed by atoms with Crippen molar-refractivity contribution >= 4 is 5.91 Å². The van der Waals surface area contributed by atoms with Crippen molar-refractivity contribution in [3.63, 3.8) is 0 Å². The summed E-state index contributed by atoms with van der Waals surface area (Å²) in [6.45, 7) is -0.394. The molecule has 1 heterocycles. The summed E-state index contributed by atoms with van der Waals surface area (Å²) in [5.74, 6) is -0.728. The first kappa shape index (κ1) is 8.25. The number of H-pyrrole nitrogens is 1. The van der Waals surface area contributed by atoms with Crippen LogP contribution in [0, 0.1) is 0 Å². The van der Waals surface area contributed by atoms with Crippen molar-refractivity contribution in [3.8, 4) is 0 Å². The molecule has 1 aromatic heterocycles. The van der Waals surface area contributed by atoms with Crippen LogP contribution in [0.15, 0.2) is 21.9 Å². The van der Waals surface area contributed by atoms with Gasteiger partial charge in [0.05, 0.1) is 0 Å². The highest BCUT2D eigenvalue weighted by Gasteiger charge is 2.02. The zero-order chi connectivity index (χ0) is 9.14. The van der Waals surface area contributed by atoms with Gasteiger partial charge in [0.1, 0.15) is 6.54 Å². The molecule has 0 aliphatic carbocycles. The molecular weight excluding hydrogens is 162 g/mol. The molecule has 0 bridgehead atoms. The third kappa shape index (κ3) is 1.60. The van der Waals surface area contributed by atoms with Gasteiger partial charge in [-0.1, -0.05) is 0 Å². The average Bonchev–Trinajstić information content (AvgIpc) is 1.97. The molecule has 0 aliphatic heterocycles. The number of carbonyl (C=O) groups is 1. The van der Waals surface area contributed by atoms with Crippen LogP contribution < -0.4 is 17.0 Å². The van der Waals surface area contributed by atoms with E-state index in [0.717, 1.165) is 10.6 Å². The Morgan fingerprint density at radius 3 is 2.75 bits per heavy atom. The Morgan fingerprint density at radius 1 is 1.58 bits per heavy atom. The van der Waals surface area contributed by atoms with Gasteiger partial charge in [-0.25, -0.2) is 4.79 Å². The maximum Gasteiger partial charge on any atom is 0.328 e. The van der Waals surface area contributed by atoms with E-state index in [1.165, 1.54) is 6.20 Å². The summed E-state index contributed by atoms with van der Waals surface area (Å²) in [5, 5.41) is 0. The van der Waals surface area contributed by atoms with Crippen molar-refractivity contribution < 1.29 is 4.79 Å². The van der Waals surface area contributed by atoms with Gasteiger partial charge in [0.25, 0.3) is 5.56 Å². The highest BCUT2D eigenvalue weighted by Crippen LogP contribution is 1.69. The summed E-state index contributed by atoms with van der Waals surface area (Å²) in [4.78, 5) is 34.4. The van der Waals surface area contributed by atoms with Crippen molar-refractivity contribution in [2.45, 2.75) is 6.54 Å². The minimum absolute atomic E-state index is 0.394. The molecule has 0 aliphatic rings. The average molecular weight is 169 g/mol. The maximum atomic E-state index is 10.9. The van der Waals surface area contributed by atoms with E-state index in [9.17, 15) is 14.4 Å². The van der Waals surface area contributed by atoms with E-state index in [2.05, 4.69) is 4.98 Å². The zero-order valence-electron chi connectivity index (χ0n) is 6.11.